The summed E-state index contributed by atoms with van der Waals surface area (Å²) in [6.07, 6.45) is 7.17. The molecule has 11 atom stereocenters. The zero-order valence-electron chi connectivity index (χ0n) is 63.9. The van der Waals surface area contributed by atoms with Gasteiger partial charge in [0.1, 0.15) is 54.4 Å². The average molecular weight is 1550 g/mol. The van der Waals surface area contributed by atoms with Gasteiger partial charge in [-0.3, -0.25) is 76.9 Å². The van der Waals surface area contributed by atoms with E-state index in [1.165, 1.54) is 39.9 Å². The summed E-state index contributed by atoms with van der Waals surface area (Å²) in [5.41, 5.74) is 12.3. The molecule has 5 rings (SSSR count). The minimum absolute atomic E-state index is 0.0159. The van der Waals surface area contributed by atoms with Gasteiger partial charge >= 0.3 is 17.9 Å². The molecule has 3 saturated heterocycles. The molecule has 12 amide bonds. The number of likely N-dealkylation sites (tertiary alicyclic amines) is 3. The summed E-state index contributed by atoms with van der Waals surface area (Å²) in [6, 6.07) is 5.14. The van der Waals surface area contributed by atoms with E-state index in [2.05, 4.69) is 52.8 Å². The topological polar surface area (TPSA) is 516 Å². The zero-order valence-corrected chi connectivity index (χ0v) is 63.9. The Kier molecular flexibility index (Phi) is 38.4. The molecule has 608 valence electrons. The molecule has 0 spiro atoms. The minimum atomic E-state index is -1.75. The highest BCUT2D eigenvalue weighted by Gasteiger charge is 2.45. The Morgan fingerprint density at radius 2 is 0.991 bits per heavy atom. The summed E-state index contributed by atoms with van der Waals surface area (Å²) in [5, 5.41) is 53.1. The number of nitrogens with zero attached hydrogens (tertiary/aromatic N) is 4. The quantitative estimate of drug-likeness (QED) is 0.0187. The number of guanidine groups is 1. The summed E-state index contributed by atoms with van der Waals surface area (Å²) in [5.74, 6) is -12.8. The fourth-order valence-corrected chi connectivity index (χ4v) is 13.3. The number of benzene rings is 2. The molecule has 3 heterocycles. The molecule has 0 saturated carbocycles. The van der Waals surface area contributed by atoms with Crippen molar-refractivity contribution in [2.75, 3.05) is 39.3 Å². The third-order valence-electron chi connectivity index (χ3n) is 19.3. The molecular formula is C77H111N15O19. The van der Waals surface area contributed by atoms with Crippen LogP contribution >= 0.6 is 0 Å². The minimum Gasteiger partial charge on any atom is -0.481 e. The average Bonchev–Trinajstić information content (AvgIpc) is 1.72. The molecule has 34 nitrogen and oxygen atoms in total. The van der Waals surface area contributed by atoms with E-state index in [1.54, 1.807) is 50.3 Å². The largest absolute Gasteiger partial charge is 0.481 e. The van der Waals surface area contributed by atoms with Gasteiger partial charge in [0.15, 0.2) is 11.7 Å². The van der Waals surface area contributed by atoms with Gasteiger partial charge in [0.25, 0.3) is 0 Å². The summed E-state index contributed by atoms with van der Waals surface area (Å²) in [4.78, 5) is 222. The number of carbonyl (C=O) groups excluding carboxylic acids is 13. The molecule has 2 aromatic rings. The smallest absolute Gasteiger partial charge is 0.326 e. The van der Waals surface area contributed by atoms with E-state index in [1.807, 2.05) is 44.2 Å². The second kappa shape index (κ2) is 47.1. The van der Waals surface area contributed by atoms with E-state index in [9.17, 15) is 92.0 Å². The van der Waals surface area contributed by atoms with E-state index in [0.717, 1.165) is 5.56 Å². The lowest BCUT2D eigenvalue weighted by atomic mass is 9.96. The Morgan fingerprint density at radius 3 is 1.50 bits per heavy atom. The summed E-state index contributed by atoms with van der Waals surface area (Å²) in [6.45, 7) is 9.12. The number of rotatable bonds is 47. The van der Waals surface area contributed by atoms with Gasteiger partial charge in [-0.25, -0.2) is 4.79 Å². The molecule has 0 radical (unpaired) electrons. The van der Waals surface area contributed by atoms with Crippen LogP contribution in [0.3, 0.4) is 0 Å². The summed E-state index contributed by atoms with van der Waals surface area (Å²) in [7, 11) is 0. The van der Waals surface area contributed by atoms with Crippen LogP contribution in [-0.4, -0.2) is 230 Å². The Bertz CT molecular complexity index is 3650. The standard InChI is InChI=1S/C77H111N15O19/c1-6-48(4)67(75(109)92-42-22-29-59(92)71(105)88-57(76(110)111)43-47(2)3)89-72(106)60-30-21-40-90(60)73(107)53(35-36-65(98)99)86-68(102)54(44-50-23-9-7-10-24-50)87-69(103)55(46-66(100)101)84-64(97)34-16-18-38-81-63(96)33-15-17-37-80-62(95)32-14-13-31-61(94)52(27-19-39-82-77(78)79)85-70(104)58-28-20-41-91(58)74(108)56(83-49(5)93)45-51-25-11-8-12-26-51/h7-12,15-18,23-26,47-48,52-60,67H,6,13-14,19-22,27-46H2,1-5H3,(H,80,95)(H,81,96)(H,83,93)(H,84,97)(H,85,104)(H,86,102)(H,87,103)(H,88,105)(H,89,106)(H,98,99)(H,100,101)(H,110,111)(H4,78,79,82)/b17-15+,18-16+/t48-,52?,53-,54-,55-,56-,57-,58-,59-,60-,67-/m0/s1. The highest BCUT2D eigenvalue weighted by molar-refractivity contribution is 5.99. The lowest BCUT2D eigenvalue weighted by Crippen LogP contribution is -2.60. The Labute approximate surface area is 646 Å². The maximum absolute atomic E-state index is 14.6. The molecule has 0 bridgehead atoms. The molecule has 3 aliphatic heterocycles. The predicted molar refractivity (Wildman–Crippen MR) is 406 cm³/mol. The van der Waals surface area contributed by atoms with Crippen LogP contribution in [0.15, 0.2) is 90.0 Å². The summed E-state index contributed by atoms with van der Waals surface area (Å²) < 4.78 is 0. The van der Waals surface area contributed by atoms with Gasteiger partial charge in [-0.2, -0.15) is 0 Å². The van der Waals surface area contributed by atoms with Gasteiger partial charge in [0, 0.05) is 91.1 Å². The lowest BCUT2D eigenvalue weighted by Gasteiger charge is -2.34. The molecule has 0 aromatic heterocycles. The van der Waals surface area contributed by atoms with Gasteiger partial charge < -0.3 is 89.3 Å². The summed E-state index contributed by atoms with van der Waals surface area (Å²) >= 11 is 0. The molecule has 0 aliphatic carbocycles. The second-order valence-electron chi connectivity index (χ2n) is 28.5. The van der Waals surface area contributed by atoms with E-state index in [-0.39, 0.29) is 121 Å². The van der Waals surface area contributed by atoms with Crippen molar-refractivity contribution < 1.29 is 92.0 Å². The number of carboxylic acids is 3. The number of ketones is 1. The SMILES string of the molecule is CC[C@H](C)[C@H](NC(=O)[C@@H]1CCCN1C(=O)[C@H](CCC(=O)O)NC(=O)[C@H](Cc1ccccc1)NC(=O)[C@H](CC(=O)O)NC(=O)C/C=C/CNC(=O)C/C=C/CNC(=O)CCCCC(=O)C(CCCN=C(N)N)NC(=O)[C@@H]1CCCN1C(=O)[C@H](Cc1ccccc1)NC(C)=O)C(=O)N1CCC[C@H]1C(=O)N[C@@H](CC(C)C)C(=O)O. The van der Waals surface area contributed by atoms with Crippen LogP contribution in [-0.2, 0) is 89.6 Å². The molecule has 34 heteroatoms. The number of unbranched alkanes of at least 4 members (excludes halogenated alkanes) is 1. The van der Waals surface area contributed by atoms with Crippen molar-refractivity contribution in [3.63, 3.8) is 0 Å². The van der Waals surface area contributed by atoms with Crippen LogP contribution < -0.4 is 59.3 Å². The number of aliphatic carboxylic acids is 3. The third kappa shape index (κ3) is 31.4. The van der Waals surface area contributed by atoms with Crippen molar-refractivity contribution in [3.05, 3.63) is 96.1 Å². The molecule has 3 aliphatic rings. The maximum atomic E-state index is 14.6. The second-order valence-corrected chi connectivity index (χ2v) is 28.5. The Morgan fingerprint density at radius 1 is 0.505 bits per heavy atom. The van der Waals surface area contributed by atoms with Crippen molar-refractivity contribution in [1.82, 2.24) is 62.6 Å². The monoisotopic (exact) mass is 1550 g/mol. The van der Waals surface area contributed by atoms with Crippen LogP contribution in [0.5, 0.6) is 0 Å². The van der Waals surface area contributed by atoms with Crippen LogP contribution in [0.1, 0.15) is 168 Å². The number of nitrogens with two attached hydrogens (primary N) is 2. The molecule has 111 heavy (non-hydrogen) atoms. The number of hydrogen-bond acceptors (Lipinski definition) is 17. The Balaban J connectivity index is 1.10. The number of hydrogen-bond donors (Lipinski definition) is 14. The van der Waals surface area contributed by atoms with E-state index >= 15 is 0 Å². The van der Waals surface area contributed by atoms with Crippen molar-refractivity contribution in [3.8, 4) is 0 Å². The third-order valence-corrected chi connectivity index (χ3v) is 19.3. The first-order valence-electron chi connectivity index (χ1n) is 38.0. The molecule has 16 N–H and O–H groups in total. The molecule has 2 aromatic carbocycles. The number of carboxylic acid groups (broad SMARTS) is 3. The lowest BCUT2D eigenvalue weighted by molar-refractivity contribution is -0.146. The van der Waals surface area contributed by atoms with Gasteiger partial charge in [0.05, 0.1) is 12.5 Å². The number of aliphatic imine (C=N–C) groups is 1. The van der Waals surface area contributed by atoms with Gasteiger partial charge in [-0.1, -0.05) is 119 Å². The van der Waals surface area contributed by atoms with Gasteiger partial charge in [-0.15, -0.1) is 0 Å². The van der Waals surface area contributed by atoms with Crippen LogP contribution in [0.4, 0.5) is 0 Å². The van der Waals surface area contributed by atoms with E-state index in [4.69, 9.17) is 11.5 Å². The van der Waals surface area contributed by atoms with Crippen LogP contribution in [0.2, 0.25) is 0 Å². The van der Waals surface area contributed by atoms with Gasteiger partial charge in [-0.05, 0) is 100 Å². The van der Waals surface area contributed by atoms with Crippen molar-refractivity contribution in [2.24, 2.45) is 28.3 Å². The Hall–Kier alpha value is -11.1. The molecule has 3 fully saturated rings. The van der Waals surface area contributed by atoms with E-state index in [0.29, 0.717) is 56.9 Å². The maximum Gasteiger partial charge on any atom is 0.326 e. The highest BCUT2D eigenvalue weighted by Crippen LogP contribution is 2.26. The normalized spacial score (nSPS) is 17.5. The fraction of sp³-hybridized carbons (Fsp3) is 0.571. The zero-order chi connectivity index (χ0) is 81.7. The first-order valence-corrected chi connectivity index (χ1v) is 38.0. The predicted octanol–water partition coefficient (Wildman–Crippen LogP) is 0.683. The highest BCUT2D eigenvalue weighted by atomic mass is 16.4. The number of amides is 12. The first kappa shape index (κ1) is 90.5. The number of carbonyl (C=O) groups is 16. The van der Waals surface area contributed by atoms with Crippen LogP contribution in [0, 0.1) is 11.8 Å². The molecule has 1 unspecified atom stereocenters. The fourth-order valence-electron chi connectivity index (χ4n) is 13.3. The van der Waals surface area contributed by atoms with Crippen molar-refractivity contribution in [2.45, 2.75) is 230 Å². The van der Waals surface area contributed by atoms with Crippen molar-refractivity contribution >= 4 is 101 Å². The van der Waals surface area contributed by atoms with Gasteiger partial charge in [0.2, 0.25) is 70.9 Å². The van der Waals surface area contributed by atoms with E-state index < -0.39 is 175 Å². The molecular weight excluding hydrogens is 1440 g/mol. The number of Topliss-reactive ketones (excluding diaryl/α,β-unsaturated/α-hetero) is 1. The number of nitrogens with one attached hydrogen (secondary N) is 9. The first-order chi connectivity index (χ1) is 52.9. The van der Waals surface area contributed by atoms with Crippen LogP contribution in [0.25, 0.3) is 0 Å². The van der Waals surface area contributed by atoms with Crippen molar-refractivity contribution in [1.29, 1.82) is 0 Å².